The predicted molar refractivity (Wildman–Crippen MR) is 132 cm³/mol. The summed E-state index contributed by atoms with van der Waals surface area (Å²) in [6.07, 6.45) is 2.32. The molecular weight excluding hydrogens is 472 g/mol. The van der Waals surface area contributed by atoms with E-state index in [1.807, 2.05) is 35.4 Å². The van der Waals surface area contributed by atoms with E-state index < -0.39 is 18.3 Å². The first-order chi connectivity index (χ1) is 16.9. The third-order valence-electron chi connectivity index (χ3n) is 6.61. The van der Waals surface area contributed by atoms with Crippen LogP contribution >= 0.6 is 11.6 Å². The monoisotopic (exact) mass is 500 g/mol. The molecule has 0 saturated carbocycles. The minimum atomic E-state index is -0.993. The van der Waals surface area contributed by atoms with Gasteiger partial charge < -0.3 is 33.9 Å². The van der Waals surface area contributed by atoms with E-state index in [2.05, 4.69) is 10.6 Å². The number of rotatable bonds is 6. The van der Waals surface area contributed by atoms with Gasteiger partial charge in [0.15, 0.2) is 17.1 Å². The summed E-state index contributed by atoms with van der Waals surface area (Å²) in [6, 6.07) is 14.7. The molecule has 1 amide bonds. The maximum atomic E-state index is 13.3. The number of aliphatic hydroxyl groups is 2. The van der Waals surface area contributed by atoms with Gasteiger partial charge in [0.05, 0.1) is 25.1 Å². The normalized spacial score (nSPS) is 16.7. The van der Waals surface area contributed by atoms with Gasteiger partial charge in [-0.1, -0.05) is 11.6 Å². The number of carbonyl (C=O) groups excluding carboxylic acids is 1. The van der Waals surface area contributed by atoms with Crippen LogP contribution in [0.25, 0.3) is 5.69 Å². The van der Waals surface area contributed by atoms with Crippen LogP contribution in [0.15, 0.2) is 54.7 Å². The summed E-state index contributed by atoms with van der Waals surface area (Å²) >= 11 is 6.23. The lowest BCUT2D eigenvalue weighted by Gasteiger charge is -2.45. The Morgan fingerprint density at radius 3 is 2.74 bits per heavy atom. The highest BCUT2D eigenvalue weighted by Crippen LogP contribution is 2.46. The molecule has 2 aliphatic rings. The van der Waals surface area contributed by atoms with Gasteiger partial charge in [0, 0.05) is 50.2 Å². The van der Waals surface area contributed by atoms with Crippen molar-refractivity contribution in [2.75, 3.05) is 33.4 Å². The second-order valence-corrected chi connectivity index (χ2v) is 9.21. The van der Waals surface area contributed by atoms with Crippen molar-refractivity contribution in [3.8, 4) is 22.9 Å². The molecule has 0 aliphatic carbocycles. The number of aromatic nitrogens is 1. The second kappa shape index (κ2) is 9.45. The number of hydrogen-bond acceptors (Lipinski definition) is 6. The average Bonchev–Trinajstić information content (AvgIpc) is 3.38. The van der Waals surface area contributed by atoms with Crippen molar-refractivity contribution in [1.29, 1.82) is 0 Å². The van der Waals surface area contributed by atoms with Gasteiger partial charge in [-0.15, -0.1) is 0 Å². The number of amides is 1. The van der Waals surface area contributed by atoms with E-state index >= 15 is 0 Å². The maximum Gasteiger partial charge on any atom is 0.253 e. The zero-order valence-electron chi connectivity index (χ0n) is 19.3. The third kappa shape index (κ3) is 4.33. The van der Waals surface area contributed by atoms with E-state index in [9.17, 15) is 9.90 Å². The van der Waals surface area contributed by atoms with E-state index in [0.29, 0.717) is 48.0 Å². The van der Waals surface area contributed by atoms with Crippen LogP contribution < -0.4 is 14.2 Å². The number of halogens is 1. The first kappa shape index (κ1) is 23.5. The molecule has 2 N–H and O–H groups in total. The number of aliphatic hydroxyl groups excluding tert-OH is 2. The molecule has 35 heavy (non-hydrogen) atoms. The molecule has 186 valence electrons. The lowest BCUT2D eigenvalue weighted by atomic mass is 9.86. The van der Waals surface area contributed by atoms with E-state index in [-0.39, 0.29) is 13.9 Å². The number of ether oxygens (including phenoxy) is 3. The fourth-order valence-corrected chi connectivity index (χ4v) is 4.93. The maximum absolute atomic E-state index is 13.3. The quantitative estimate of drug-likeness (QED) is 0.537. The molecule has 0 unspecified atom stereocenters. The highest BCUT2D eigenvalue weighted by molar-refractivity contribution is 6.30. The fourth-order valence-electron chi connectivity index (χ4n) is 4.76. The molecule has 0 bridgehead atoms. The van der Waals surface area contributed by atoms with Gasteiger partial charge in [0.25, 0.3) is 5.91 Å². The first-order valence-corrected chi connectivity index (χ1v) is 11.9. The Kier molecular flexibility index (Phi) is 6.35. The lowest BCUT2D eigenvalue weighted by Crippen LogP contribution is -2.50. The number of nitrogens with zero attached hydrogens (tertiary/aromatic N) is 2. The molecular formula is C26H29ClN2O6. The lowest BCUT2D eigenvalue weighted by molar-refractivity contribution is -0.00931. The van der Waals surface area contributed by atoms with Crippen LogP contribution in [0.2, 0.25) is 5.02 Å². The topological polar surface area (TPSA) is 93.4 Å². The molecule has 1 fully saturated rings. The van der Waals surface area contributed by atoms with Gasteiger partial charge >= 0.3 is 0 Å². The van der Waals surface area contributed by atoms with Crippen LogP contribution in [0.4, 0.5) is 0 Å². The first-order valence-electron chi connectivity index (χ1n) is 11.5. The summed E-state index contributed by atoms with van der Waals surface area (Å²) in [7, 11) is 1.49. The van der Waals surface area contributed by atoms with Crippen LogP contribution in [0.5, 0.6) is 17.2 Å². The van der Waals surface area contributed by atoms with Crippen LogP contribution in [0.1, 0.15) is 30.3 Å². The summed E-state index contributed by atoms with van der Waals surface area (Å²) in [4.78, 5) is 15.1. The number of likely N-dealkylation sites (tertiary alicyclic amines) is 1. The van der Waals surface area contributed by atoms with Crippen LogP contribution in [0.3, 0.4) is 0 Å². The van der Waals surface area contributed by atoms with E-state index in [4.69, 9.17) is 30.9 Å². The van der Waals surface area contributed by atoms with Crippen LogP contribution in [-0.2, 0) is 5.60 Å². The van der Waals surface area contributed by atoms with Gasteiger partial charge in [-0.25, -0.2) is 0 Å². The van der Waals surface area contributed by atoms with Gasteiger partial charge in [-0.2, -0.15) is 0 Å². The number of benzene rings is 2. The summed E-state index contributed by atoms with van der Waals surface area (Å²) in [5.41, 5.74) is 1.99. The molecule has 1 atom stereocenters. The minimum Gasteiger partial charge on any atom is -0.493 e. The zero-order chi connectivity index (χ0) is 24.6. The Bertz CT molecular complexity index is 1240. The largest absolute Gasteiger partial charge is 0.493 e. The van der Waals surface area contributed by atoms with Crippen molar-refractivity contribution in [1.82, 2.24) is 9.47 Å². The Morgan fingerprint density at radius 2 is 2.00 bits per heavy atom. The van der Waals surface area contributed by atoms with Crippen LogP contribution in [-0.4, -0.2) is 65.1 Å². The minimum absolute atomic E-state index is 0. The summed E-state index contributed by atoms with van der Waals surface area (Å²) in [5.74, 6) is 1.42. The highest BCUT2D eigenvalue weighted by atomic mass is 35.5. The van der Waals surface area contributed by atoms with Crippen molar-refractivity contribution in [2.24, 2.45) is 0 Å². The highest BCUT2D eigenvalue weighted by Gasteiger charge is 2.44. The van der Waals surface area contributed by atoms with E-state index in [1.54, 1.807) is 18.2 Å². The third-order valence-corrected chi connectivity index (χ3v) is 6.85. The molecule has 3 aromatic rings. The molecule has 5 rings (SSSR count). The Labute approximate surface area is 209 Å². The standard InChI is InChI=1S/C26H27ClN2O6.H2/c1-33-23-13-17(4-7-21(23)34-16-19(31)15-30)25(32)28-11-8-26(9-12-28)24-3-2-10-29(24)20-6-5-18(27)14-22(20)35-26;/h2-7,10,13-14,19,30-31H,8-9,11-12,15-16H2,1H3;1H/t19-;/m1./s1. The second-order valence-electron chi connectivity index (χ2n) is 8.78. The van der Waals surface area contributed by atoms with Crippen molar-refractivity contribution in [3.05, 3.63) is 71.0 Å². The van der Waals surface area contributed by atoms with Gasteiger partial charge in [-0.05, 0) is 42.5 Å². The van der Waals surface area contributed by atoms with Crippen molar-refractivity contribution in [2.45, 2.75) is 24.5 Å². The SMILES string of the molecule is COc1cc(C(=O)N2CCC3(CC2)Oc2cc(Cl)ccc2-n2cccc23)ccc1OC[C@H](O)CO.[HH]. The number of piperidine rings is 1. The average molecular weight is 501 g/mol. The Hall–Kier alpha value is -3.20. The number of methoxy groups -OCH3 is 1. The fraction of sp³-hybridized carbons (Fsp3) is 0.346. The molecule has 9 heteroatoms. The van der Waals surface area contributed by atoms with Gasteiger partial charge in [-0.3, -0.25) is 4.79 Å². The number of fused-ring (bicyclic) bond motifs is 4. The van der Waals surface area contributed by atoms with Crippen molar-refractivity contribution in [3.63, 3.8) is 0 Å². The number of hydrogen-bond donors (Lipinski definition) is 2. The van der Waals surface area contributed by atoms with E-state index in [0.717, 1.165) is 17.1 Å². The molecule has 2 aromatic carbocycles. The molecule has 8 nitrogen and oxygen atoms in total. The summed E-state index contributed by atoms with van der Waals surface area (Å²) < 4.78 is 19.6. The number of carbonyl (C=O) groups is 1. The van der Waals surface area contributed by atoms with E-state index in [1.165, 1.54) is 7.11 Å². The molecule has 3 heterocycles. The molecule has 2 aliphatic heterocycles. The van der Waals surface area contributed by atoms with Crippen molar-refractivity contribution < 1.29 is 30.6 Å². The van der Waals surface area contributed by atoms with Crippen molar-refractivity contribution >= 4 is 17.5 Å². The molecule has 1 aromatic heterocycles. The summed E-state index contributed by atoms with van der Waals surface area (Å²) in [6.45, 7) is 0.583. The zero-order valence-corrected chi connectivity index (χ0v) is 20.1. The molecule has 0 radical (unpaired) electrons. The summed E-state index contributed by atoms with van der Waals surface area (Å²) in [5, 5.41) is 19.1. The van der Waals surface area contributed by atoms with Gasteiger partial charge in [0.1, 0.15) is 18.5 Å². The Balaban J connectivity index is 0.00000304. The van der Waals surface area contributed by atoms with Gasteiger partial charge in [0.2, 0.25) is 0 Å². The molecule has 1 spiro atoms. The smallest absolute Gasteiger partial charge is 0.253 e. The predicted octanol–water partition coefficient (Wildman–Crippen LogP) is 3.64. The van der Waals surface area contributed by atoms with Crippen LogP contribution in [0, 0.1) is 0 Å². The molecule has 1 saturated heterocycles. The Morgan fingerprint density at radius 1 is 1.20 bits per heavy atom.